The summed E-state index contributed by atoms with van der Waals surface area (Å²) in [5.74, 6) is 10.9. The summed E-state index contributed by atoms with van der Waals surface area (Å²) >= 11 is 0. The van der Waals surface area contributed by atoms with Crippen LogP contribution in [0, 0.1) is 35.3 Å². The maximum atomic E-state index is 14.4. The van der Waals surface area contributed by atoms with Crippen LogP contribution in [0.15, 0.2) is 67.2 Å². The van der Waals surface area contributed by atoms with Gasteiger partial charge in [-0.2, -0.15) is 0 Å². The van der Waals surface area contributed by atoms with Crippen molar-refractivity contribution in [2.24, 2.45) is 0 Å². The summed E-state index contributed by atoms with van der Waals surface area (Å²) in [5, 5.41) is 0. The Kier molecular flexibility index (Phi) is 7.80. The molecule has 0 aliphatic carbocycles. The van der Waals surface area contributed by atoms with Crippen molar-refractivity contribution >= 4 is 6.08 Å². The van der Waals surface area contributed by atoms with Gasteiger partial charge in [-0.25, -0.2) is 8.78 Å². The van der Waals surface area contributed by atoms with Crippen LogP contribution in [0.4, 0.5) is 8.78 Å². The molecule has 3 rings (SSSR count). The topological polar surface area (TPSA) is 0 Å². The third-order valence-corrected chi connectivity index (χ3v) is 4.91. The molecule has 0 heterocycles. The highest BCUT2D eigenvalue weighted by Gasteiger charge is 2.03. The molecule has 0 aliphatic rings. The van der Waals surface area contributed by atoms with Gasteiger partial charge in [-0.05, 0) is 66.4 Å². The molecule has 31 heavy (non-hydrogen) atoms. The van der Waals surface area contributed by atoms with Crippen molar-refractivity contribution in [2.75, 3.05) is 0 Å². The lowest BCUT2D eigenvalue weighted by atomic mass is 10.0. The van der Waals surface area contributed by atoms with Gasteiger partial charge in [0.25, 0.3) is 0 Å². The third kappa shape index (κ3) is 6.43. The van der Waals surface area contributed by atoms with E-state index in [0.717, 1.165) is 36.8 Å². The monoisotopic (exact) mass is 410 g/mol. The summed E-state index contributed by atoms with van der Waals surface area (Å²) in [6.45, 7) is 5.84. The highest BCUT2D eigenvalue weighted by Crippen LogP contribution is 2.14. The van der Waals surface area contributed by atoms with Crippen molar-refractivity contribution < 1.29 is 8.78 Å². The van der Waals surface area contributed by atoms with Gasteiger partial charge in [0.1, 0.15) is 11.6 Å². The van der Waals surface area contributed by atoms with Crippen LogP contribution in [0.3, 0.4) is 0 Å². The van der Waals surface area contributed by atoms with Crippen molar-refractivity contribution in [3.8, 4) is 23.7 Å². The van der Waals surface area contributed by atoms with Crippen molar-refractivity contribution in [3.05, 3.63) is 112 Å². The predicted octanol–water partition coefficient (Wildman–Crippen LogP) is 7.14. The van der Waals surface area contributed by atoms with E-state index in [4.69, 9.17) is 0 Å². The summed E-state index contributed by atoms with van der Waals surface area (Å²) in [7, 11) is 0. The van der Waals surface area contributed by atoms with E-state index in [9.17, 15) is 8.78 Å². The Morgan fingerprint density at radius 1 is 0.742 bits per heavy atom. The van der Waals surface area contributed by atoms with E-state index in [1.54, 1.807) is 30.3 Å². The van der Waals surface area contributed by atoms with Gasteiger partial charge in [0.2, 0.25) is 0 Å². The Labute approximate surface area is 183 Å². The van der Waals surface area contributed by atoms with E-state index < -0.39 is 5.82 Å². The summed E-state index contributed by atoms with van der Waals surface area (Å²) < 4.78 is 28.7. The quantitative estimate of drug-likeness (QED) is 0.310. The van der Waals surface area contributed by atoms with Gasteiger partial charge in [0.15, 0.2) is 0 Å². The van der Waals surface area contributed by atoms with Crippen LogP contribution in [0.5, 0.6) is 0 Å². The molecule has 0 fully saturated rings. The smallest absolute Gasteiger partial charge is 0.140 e. The second-order valence-electron chi connectivity index (χ2n) is 7.28. The molecule has 0 amide bonds. The molecule has 0 aromatic heterocycles. The molecule has 3 aromatic rings. The Morgan fingerprint density at radius 2 is 1.35 bits per heavy atom. The highest BCUT2D eigenvalue weighted by atomic mass is 19.1. The SMILES string of the molecule is C=Cc1ccc(C#Cc2ccc(C#Cc3ccc(CCCCC)c(F)c3)c(F)c2)cc1. The van der Waals surface area contributed by atoms with E-state index in [2.05, 4.69) is 37.2 Å². The van der Waals surface area contributed by atoms with Crippen LogP contribution in [-0.4, -0.2) is 0 Å². The van der Waals surface area contributed by atoms with Gasteiger partial charge in [0, 0.05) is 16.7 Å². The van der Waals surface area contributed by atoms with Crippen molar-refractivity contribution in [1.29, 1.82) is 0 Å². The molecule has 0 aliphatic heterocycles. The molecule has 0 saturated heterocycles. The van der Waals surface area contributed by atoms with Gasteiger partial charge >= 0.3 is 0 Å². The fourth-order valence-electron chi connectivity index (χ4n) is 3.07. The molecule has 0 nitrogen and oxygen atoms in total. The first-order valence-electron chi connectivity index (χ1n) is 10.4. The Bertz CT molecular complexity index is 1180. The summed E-state index contributed by atoms with van der Waals surface area (Å²) in [6, 6.07) is 17.3. The van der Waals surface area contributed by atoms with Crippen molar-refractivity contribution in [1.82, 2.24) is 0 Å². The fourth-order valence-corrected chi connectivity index (χ4v) is 3.07. The van der Waals surface area contributed by atoms with Gasteiger partial charge in [-0.15, -0.1) is 0 Å². The number of halogens is 2. The lowest BCUT2D eigenvalue weighted by Crippen LogP contribution is -1.92. The van der Waals surface area contributed by atoms with Crippen molar-refractivity contribution in [2.45, 2.75) is 32.6 Å². The molecule has 0 unspecified atom stereocenters. The van der Waals surface area contributed by atoms with Gasteiger partial charge < -0.3 is 0 Å². The molecular weight excluding hydrogens is 386 g/mol. The first-order valence-corrected chi connectivity index (χ1v) is 10.4. The molecule has 0 saturated carbocycles. The maximum Gasteiger partial charge on any atom is 0.140 e. The van der Waals surface area contributed by atoms with Gasteiger partial charge in [0.05, 0.1) is 5.56 Å². The van der Waals surface area contributed by atoms with E-state index >= 15 is 0 Å². The average Bonchev–Trinajstić information content (AvgIpc) is 2.79. The zero-order valence-electron chi connectivity index (χ0n) is 17.6. The Hall–Kier alpha value is -3.62. The van der Waals surface area contributed by atoms with Crippen LogP contribution >= 0.6 is 0 Å². The second kappa shape index (κ2) is 11.0. The first-order chi connectivity index (χ1) is 15.1. The molecular formula is C29H24F2. The zero-order chi connectivity index (χ0) is 22.1. The summed E-state index contributed by atoms with van der Waals surface area (Å²) in [6.07, 6.45) is 5.65. The number of aryl methyl sites for hydroxylation is 1. The van der Waals surface area contributed by atoms with Crippen LogP contribution in [0.25, 0.3) is 6.08 Å². The van der Waals surface area contributed by atoms with Gasteiger partial charge in [-0.3, -0.25) is 0 Å². The number of hydrogen-bond donors (Lipinski definition) is 0. The molecule has 0 atom stereocenters. The van der Waals surface area contributed by atoms with E-state index in [1.165, 1.54) is 12.1 Å². The minimum absolute atomic E-state index is 0.255. The lowest BCUT2D eigenvalue weighted by molar-refractivity contribution is 0.598. The standard InChI is InChI=1S/C29H24F2/c1-3-5-6-7-26-17-14-25(21-28(26)30)16-19-27-18-15-24(20-29(27)31)13-12-23-10-8-22(4-2)9-11-23/h4,8-11,14-15,17-18,20-21H,2-3,5-7H2,1H3. The molecule has 0 radical (unpaired) electrons. The zero-order valence-corrected chi connectivity index (χ0v) is 17.6. The number of hydrogen-bond acceptors (Lipinski definition) is 0. The van der Waals surface area contributed by atoms with E-state index in [0.29, 0.717) is 16.7 Å². The maximum absolute atomic E-state index is 14.4. The first kappa shape index (κ1) is 22.1. The van der Waals surface area contributed by atoms with Crippen LogP contribution < -0.4 is 0 Å². The number of rotatable bonds is 5. The highest BCUT2D eigenvalue weighted by molar-refractivity contribution is 5.52. The second-order valence-corrected chi connectivity index (χ2v) is 7.28. The molecule has 154 valence electrons. The normalized spacial score (nSPS) is 9.90. The molecule has 2 heteroatoms. The van der Waals surface area contributed by atoms with Crippen LogP contribution in [0.2, 0.25) is 0 Å². The van der Waals surface area contributed by atoms with Crippen LogP contribution in [0.1, 0.15) is 59.6 Å². The minimum Gasteiger partial charge on any atom is -0.207 e. The average molecular weight is 411 g/mol. The van der Waals surface area contributed by atoms with Crippen molar-refractivity contribution in [3.63, 3.8) is 0 Å². The van der Waals surface area contributed by atoms with Crippen LogP contribution in [-0.2, 0) is 6.42 Å². The number of benzene rings is 3. The molecule has 3 aromatic carbocycles. The molecule has 0 spiro atoms. The third-order valence-electron chi connectivity index (χ3n) is 4.91. The molecule has 0 N–H and O–H groups in total. The lowest BCUT2D eigenvalue weighted by Gasteiger charge is -2.03. The van der Waals surface area contributed by atoms with Gasteiger partial charge in [-0.1, -0.05) is 74.3 Å². The fraction of sp³-hybridized carbons (Fsp3) is 0.172. The Morgan fingerprint density at radius 3 is 2.00 bits per heavy atom. The summed E-state index contributed by atoms with van der Waals surface area (Å²) in [5.41, 5.74) is 3.92. The number of unbranched alkanes of at least 4 members (excludes halogenated alkanes) is 2. The summed E-state index contributed by atoms with van der Waals surface area (Å²) in [4.78, 5) is 0. The largest absolute Gasteiger partial charge is 0.207 e. The minimum atomic E-state index is -0.446. The Balaban J connectivity index is 1.71. The van der Waals surface area contributed by atoms with E-state index in [1.807, 2.05) is 24.3 Å². The molecule has 0 bridgehead atoms. The van der Waals surface area contributed by atoms with E-state index in [-0.39, 0.29) is 11.4 Å². The predicted molar refractivity (Wildman–Crippen MR) is 125 cm³/mol.